The van der Waals surface area contributed by atoms with Crippen LogP contribution in [0.15, 0.2) is 24.3 Å². The molecule has 0 radical (unpaired) electrons. The van der Waals surface area contributed by atoms with Crippen molar-refractivity contribution in [3.05, 3.63) is 45.0 Å². The summed E-state index contributed by atoms with van der Waals surface area (Å²) in [6, 6.07) is 5.68. The zero-order chi connectivity index (χ0) is 15.4. The van der Waals surface area contributed by atoms with E-state index in [1.165, 1.54) is 29.5 Å². The van der Waals surface area contributed by atoms with Crippen LogP contribution < -0.4 is 10.1 Å². The number of nitro groups is 1. The number of aromatic nitrogens is 1. The maximum atomic E-state index is 11.7. The minimum absolute atomic E-state index is 0.0842. The van der Waals surface area contributed by atoms with Crippen LogP contribution in [0.2, 0.25) is 0 Å². The number of hydrogen-bond acceptors (Lipinski definition) is 6. The highest BCUT2D eigenvalue weighted by molar-refractivity contribution is 7.15. The molecule has 8 heteroatoms. The van der Waals surface area contributed by atoms with Gasteiger partial charge in [0.25, 0.3) is 11.6 Å². The van der Waals surface area contributed by atoms with Gasteiger partial charge in [-0.05, 0) is 19.9 Å². The van der Waals surface area contributed by atoms with Crippen molar-refractivity contribution in [2.75, 3.05) is 11.9 Å². The van der Waals surface area contributed by atoms with Crippen LogP contribution in [0.5, 0.6) is 5.75 Å². The molecule has 0 unspecified atom stereocenters. The van der Waals surface area contributed by atoms with Crippen LogP contribution in [0, 0.1) is 24.0 Å². The lowest BCUT2D eigenvalue weighted by atomic mass is 10.3. The number of carbonyl (C=O) groups is 1. The van der Waals surface area contributed by atoms with E-state index in [2.05, 4.69) is 10.3 Å². The summed E-state index contributed by atoms with van der Waals surface area (Å²) in [7, 11) is 0. The van der Waals surface area contributed by atoms with Crippen molar-refractivity contribution in [3.8, 4) is 5.75 Å². The first-order valence-electron chi connectivity index (χ1n) is 6.07. The maximum Gasteiger partial charge on any atom is 0.273 e. The molecule has 110 valence electrons. The van der Waals surface area contributed by atoms with E-state index in [9.17, 15) is 14.9 Å². The summed E-state index contributed by atoms with van der Waals surface area (Å²) in [5.74, 6) is -0.0962. The fraction of sp³-hybridized carbons (Fsp3) is 0.231. The number of hydrogen-bond donors (Lipinski definition) is 1. The van der Waals surface area contributed by atoms with Gasteiger partial charge in [-0.15, -0.1) is 11.3 Å². The standard InChI is InChI=1S/C13H13N3O4S/c1-8-9(2)21-13(14-8)15-12(17)7-20-11-5-3-4-10(6-11)16(18)19/h3-6H,7H2,1-2H3,(H,14,15,17). The molecule has 2 aromatic rings. The number of nitro benzene ring substituents is 1. The van der Waals surface area contributed by atoms with Gasteiger partial charge in [-0.25, -0.2) is 4.98 Å². The van der Waals surface area contributed by atoms with Gasteiger partial charge in [0.2, 0.25) is 0 Å². The number of ether oxygens (including phenoxy) is 1. The molecule has 0 aliphatic carbocycles. The first-order chi connectivity index (χ1) is 9.95. The van der Waals surface area contributed by atoms with Gasteiger partial charge in [-0.2, -0.15) is 0 Å². The third-order valence-corrected chi connectivity index (χ3v) is 3.66. The van der Waals surface area contributed by atoms with Gasteiger partial charge in [0.05, 0.1) is 16.7 Å². The summed E-state index contributed by atoms with van der Waals surface area (Å²) in [6.45, 7) is 3.54. The molecule has 21 heavy (non-hydrogen) atoms. The maximum absolute atomic E-state index is 11.7. The molecule has 0 aliphatic heterocycles. The van der Waals surface area contributed by atoms with E-state index < -0.39 is 4.92 Å². The number of benzene rings is 1. The number of amides is 1. The molecule has 7 nitrogen and oxygen atoms in total. The minimum atomic E-state index is -0.520. The molecule has 0 aliphatic rings. The van der Waals surface area contributed by atoms with E-state index in [0.29, 0.717) is 5.13 Å². The van der Waals surface area contributed by atoms with Crippen LogP contribution in [0.1, 0.15) is 10.6 Å². The van der Waals surface area contributed by atoms with Crippen LogP contribution in [0.3, 0.4) is 0 Å². The largest absolute Gasteiger partial charge is 0.484 e. The van der Waals surface area contributed by atoms with Crippen molar-refractivity contribution in [1.29, 1.82) is 0 Å². The quantitative estimate of drug-likeness (QED) is 0.677. The number of rotatable bonds is 5. The Morgan fingerprint density at radius 3 is 2.86 bits per heavy atom. The third-order valence-electron chi connectivity index (χ3n) is 2.67. The fourth-order valence-electron chi connectivity index (χ4n) is 1.52. The van der Waals surface area contributed by atoms with E-state index in [1.807, 2.05) is 13.8 Å². The van der Waals surface area contributed by atoms with Gasteiger partial charge in [-0.1, -0.05) is 6.07 Å². The molecule has 0 saturated carbocycles. The lowest BCUT2D eigenvalue weighted by Crippen LogP contribution is -2.20. The number of anilines is 1. The molecular formula is C13H13N3O4S. The average Bonchev–Trinajstić information content (AvgIpc) is 2.75. The SMILES string of the molecule is Cc1nc(NC(=O)COc2cccc([N+](=O)[O-])c2)sc1C. The predicted molar refractivity (Wildman–Crippen MR) is 78.8 cm³/mol. The lowest BCUT2D eigenvalue weighted by molar-refractivity contribution is -0.384. The van der Waals surface area contributed by atoms with Crippen molar-refractivity contribution >= 4 is 28.1 Å². The Balaban J connectivity index is 1.92. The summed E-state index contributed by atoms with van der Waals surface area (Å²) >= 11 is 1.38. The number of carbonyl (C=O) groups excluding carboxylic acids is 1. The topological polar surface area (TPSA) is 94.4 Å². The molecule has 0 atom stereocenters. The van der Waals surface area contributed by atoms with Crippen LogP contribution in [-0.4, -0.2) is 22.4 Å². The first kappa shape index (κ1) is 14.9. The van der Waals surface area contributed by atoms with Crippen LogP contribution in [-0.2, 0) is 4.79 Å². The van der Waals surface area contributed by atoms with Crippen molar-refractivity contribution in [2.24, 2.45) is 0 Å². The Kier molecular flexibility index (Phi) is 4.49. The summed E-state index contributed by atoms with van der Waals surface area (Å²) in [6.07, 6.45) is 0. The van der Waals surface area contributed by atoms with Gasteiger partial charge >= 0.3 is 0 Å². The average molecular weight is 307 g/mol. The lowest BCUT2D eigenvalue weighted by Gasteiger charge is -2.05. The first-order valence-corrected chi connectivity index (χ1v) is 6.88. The molecular weight excluding hydrogens is 294 g/mol. The van der Waals surface area contributed by atoms with E-state index in [0.717, 1.165) is 10.6 Å². The second-order valence-corrected chi connectivity index (χ2v) is 5.46. The third kappa shape index (κ3) is 3.99. The fourth-order valence-corrected chi connectivity index (χ4v) is 2.35. The van der Waals surface area contributed by atoms with Gasteiger partial charge in [0.1, 0.15) is 5.75 Å². The smallest absolute Gasteiger partial charge is 0.273 e. The molecule has 1 N–H and O–H groups in total. The second-order valence-electron chi connectivity index (χ2n) is 4.25. The van der Waals surface area contributed by atoms with E-state index in [4.69, 9.17) is 4.74 Å². The summed E-state index contributed by atoms with van der Waals surface area (Å²) in [4.78, 5) is 27.0. The van der Waals surface area contributed by atoms with E-state index >= 15 is 0 Å². The molecule has 1 aromatic heterocycles. The van der Waals surface area contributed by atoms with Gasteiger partial charge < -0.3 is 4.74 Å². The van der Waals surface area contributed by atoms with Gasteiger partial charge in [0, 0.05) is 10.9 Å². The van der Waals surface area contributed by atoms with Crippen molar-refractivity contribution < 1.29 is 14.5 Å². The van der Waals surface area contributed by atoms with Crippen molar-refractivity contribution in [3.63, 3.8) is 0 Å². The summed E-state index contributed by atoms with van der Waals surface area (Å²) < 4.78 is 5.23. The molecule has 0 spiro atoms. The minimum Gasteiger partial charge on any atom is -0.484 e. The Morgan fingerprint density at radius 2 is 2.24 bits per heavy atom. The molecule has 0 saturated heterocycles. The van der Waals surface area contributed by atoms with E-state index in [-0.39, 0.29) is 24.0 Å². The zero-order valence-electron chi connectivity index (χ0n) is 11.5. The zero-order valence-corrected chi connectivity index (χ0v) is 12.3. The van der Waals surface area contributed by atoms with Crippen LogP contribution in [0.25, 0.3) is 0 Å². The summed E-state index contributed by atoms with van der Waals surface area (Å²) in [5, 5.41) is 13.8. The monoisotopic (exact) mass is 307 g/mol. The highest BCUT2D eigenvalue weighted by Crippen LogP contribution is 2.21. The molecule has 0 fully saturated rings. The molecule has 1 heterocycles. The van der Waals surface area contributed by atoms with Gasteiger partial charge in [0.15, 0.2) is 11.7 Å². The normalized spacial score (nSPS) is 10.2. The number of thiazole rings is 1. The van der Waals surface area contributed by atoms with Crippen molar-refractivity contribution in [1.82, 2.24) is 4.98 Å². The Morgan fingerprint density at radius 1 is 1.48 bits per heavy atom. The molecule has 1 aromatic carbocycles. The van der Waals surface area contributed by atoms with Crippen molar-refractivity contribution in [2.45, 2.75) is 13.8 Å². The molecule has 2 rings (SSSR count). The predicted octanol–water partition coefficient (Wildman–Crippen LogP) is 2.69. The van der Waals surface area contributed by atoms with E-state index in [1.54, 1.807) is 6.07 Å². The Hall–Kier alpha value is -2.48. The Bertz CT molecular complexity index is 664. The molecule has 0 bridgehead atoms. The van der Waals surface area contributed by atoms with Gasteiger partial charge in [-0.3, -0.25) is 20.2 Å². The number of non-ortho nitro benzene ring substituents is 1. The highest BCUT2D eigenvalue weighted by Gasteiger charge is 2.10. The number of aryl methyl sites for hydroxylation is 2. The number of nitrogens with zero attached hydrogens (tertiary/aromatic N) is 2. The number of nitrogens with one attached hydrogen (secondary N) is 1. The van der Waals surface area contributed by atoms with Crippen LogP contribution in [0.4, 0.5) is 10.8 Å². The molecule has 1 amide bonds. The Labute approximate surface area is 124 Å². The second kappa shape index (κ2) is 6.31. The summed E-state index contributed by atoms with van der Waals surface area (Å²) in [5.41, 5.74) is 0.786. The van der Waals surface area contributed by atoms with Crippen LogP contribution >= 0.6 is 11.3 Å². The highest BCUT2D eigenvalue weighted by atomic mass is 32.1.